The van der Waals surface area contributed by atoms with E-state index >= 15 is 0 Å². The molecule has 1 aromatic carbocycles. The Morgan fingerprint density at radius 3 is 2.50 bits per heavy atom. The van der Waals surface area contributed by atoms with E-state index in [0.29, 0.717) is 20.9 Å². The Bertz CT molecular complexity index is 380. The number of benzene rings is 1. The van der Waals surface area contributed by atoms with Crippen LogP contribution in [0.15, 0.2) is 21.1 Å². The predicted molar refractivity (Wildman–Crippen MR) is 58.8 cm³/mol. The fourth-order valence-corrected chi connectivity index (χ4v) is 3.05. The number of rotatable bonds is 1. The number of carbonyl (C=O) groups is 1. The molecule has 0 N–H and O–H groups in total. The third-order valence-corrected chi connectivity index (χ3v) is 3.57. The van der Waals surface area contributed by atoms with E-state index in [1.54, 1.807) is 6.07 Å². The van der Waals surface area contributed by atoms with E-state index in [1.165, 1.54) is 6.07 Å². The summed E-state index contributed by atoms with van der Waals surface area (Å²) in [5.41, 5.74) is 0.504. The summed E-state index contributed by atoms with van der Waals surface area (Å²) in [6, 6.07) is 3.16. The molecule has 1 aromatic rings. The number of halogens is 3. The van der Waals surface area contributed by atoms with Gasteiger partial charge >= 0.3 is 0 Å². The molecule has 0 aromatic heterocycles. The van der Waals surface area contributed by atoms with Gasteiger partial charge in [0.15, 0.2) is 0 Å². The van der Waals surface area contributed by atoms with Crippen LogP contribution < -0.4 is 0 Å². The highest BCUT2D eigenvalue weighted by Crippen LogP contribution is 2.39. The molecule has 1 unspecified atom stereocenters. The summed E-state index contributed by atoms with van der Waals surface area (Å²) in [4.78, 5) is 11.2. The van der Waals surface area contributed by atoms with Gasteiger partial charge in [0.1, 0.15) is 11.6 Å². The molecular weight excluding hydrogens is 315 g/mol. The summed E-state index contributed by atoms with van der Waals surface area (Å²) < 4.78 is 14.9. The molecule has 1 atom stereocenters. The first-order valence-corrected chi connectivity index (χ1v) is 5.85. The van der Waals surface area contributed by atoms with Crippen molar-refractivity contribution in [1.82, 2.24) is 0 Å². The molecule has 74 valence electrons. The van der Waals surface area contributed by atoms with E-state index in [-0.39, 0.29) is 17.5 Å². The highest BCUT2D eigenvalue weighted by Gasteiger charge is 2.33. The van der Waals surface area contributed by atoms with Crippen LogP contribution in [-0.2, 0) is 4.79 Å². The van der Waals surface area contributed by atoms with Crippen molar-refractivity contribution in [2.45, 2.75) is 18.8 Å². The van der Waals surface area contributed by atoms with E-state index in [2.05, 4.69) is 31.9 Å². The fraction of sp³-hybridized carbons (Fsp3) is 0.300. The second-order valence-corrected chi connectivity index (χ2v) is 5.11. The van der Waals surface area contributed by atoms with Crippen LogP contribution in [0.3, 0.4) is 0 Å². The maximum Gasteiger partial charge on any atom is 0.140 e. The van der Waals surface area contributed by atoms with Crippen LogP contribution in [0.5, 0.6) is 0 Å². The van der Waals surface area contributed by atoms with E-state index in [1.807, 2.05) is 0 Å². The monoisotopic (exact) mass is 320 g/mol. The number of hydrogen-bond donors (Lipinski definition) is 0. The summed E-state index contributed by atoms with van der Waals surface area (Å²) >= 11 is 6.47. The highest BCUT2D eigenvalue weighted by atomic mass is 79.9. The molecule has 4 heteroatoms. The van der Waals surface area contributed by atoms with Crippen molar-refractivity contribution in [2.24, 2.45) is 0 Å². The fourth-order valence-electron chi connectivity index (χ4n) is 1.60. The van der Waals surface area contributed by atoms with Gasteiger partial charge < -0.3 is 0 Å². The lowest BCUT2D eigenvalue weighted by Gasteiger charge is -2.25. The lowest BCUT2D eigenvalue weighted by Crippen LogP contribution is -2.24. The molecule has 0 saturated heterocycles. The van der Waals surface area contributed by atoms with Crippen LogP contribution >= 0.6 is 31.9 Å². The van der Waals surface area contributed by atoms with Crippen LogP contribution in [0.4, 0.5) is 4.39 Å². The lowest BCUT2D eigenvalue weighted by molar-refractivity contribution is -0.125. The van der Waals surface area contributed by atoms with Gasteiger partial charge in [-0.1, -0.05) is 31.9 Å². The molecule has 14 heavy (non-hydrogen) atoms. The van der Waals surface area contributed by atoms with E-state index < -0.39 is 0 Å². The van der Waals surface area contributed by atoms with Gasteiger partial charge in [-0.2, -0.15) is 0 Å². The van der Waals surface area contributed by atoms with Crippen LogP contribution in [0.1, 0.15) is 24.3 Å². The zero-order valence-electron chi connectivity index (χ0n) is 7.19. The number of hydrogen-bond acceptors (Lipinski definition) is 1. The minimum Gasteiger partial charge on any atom is -0.299 e. The van der Waals surface area contributed by atoms with Gasteiger partial charge in [0.05, 0.1) is 0 Å². The molecule has 0 aliphatic heterocycles. The number of carbonyl (C=O) groups excluding carboxylic acids is 1. The van der Waals surface area contributed by atoms with E-state index in [0.717, 1.165) is 6.42 Å². The van der Waals surface area contributed by atoms with Crippen molar-refractivity contribution >= 4 is 37.6 Å². The Hall–Kier alpha value is -0.220. The second kappa shape index (κ2) is 3.74. The smallest absolute Gasteiger partial charge is 0.140 e. The normalized spacial score (nSPS) is 20.8. The summed E-state index contributed by atoms with van der Waals surface area (Å²) in [5, 5.41) is 0. The van der Waals surface area contributed by atoms with Crippen molar-refractivity contribution < 1.29 is 9.18 Å². The minimum atomic E-state index is -0.315. The molecule has 0 radical (unpaired) electrons. The number of ketones is 1. The quantitative estimate of drug-likeness (QED) is 0.769. The summed E-state index contributed by atoms with van der Waals surface area (Å²) in [6.07, 6.45) is 1.34. The van der Waals surface area contributed by atoms with Crippen molar-refractivity contribution in [3.05, 3.63) is 32.5 Å². The van der Waals surface area contributed by atoms with Crippen molar-refractivity contribution in [3.63, 3.8) is 0 Å². The Labute approximate surface area is 97.9 Å². The van der Waals surface area contributed by atoms with Crippen molar-refractivity contribution in [1.29, 1.82) is 0 Å². The first-order valence-electron chi connectivity index (χ1n) is 4.26. The predicted octanol–water partition coefficient (Wildman–Crippen LogP) is 3.80. The largest absolute Gasteiger partial charge is 0.299 e. The molecule has 0 heterocycles. The average Bonchev–Trinajstić information content (AvgIpc) is 2.08. The van der Waals surface area contributed by atoms with Crippen LogP contribution in [-0.4, -0.2) is 5.78 Å². The third-order valence-electron chi connectivity index (χ3n) is 2.46. The maximum absolute atomic E-state index is 13.5. The van der Waals surface area contributed by atoms with Crippen molar-refractivity contribution in [2.75, 3.05) is 0 Å². The third kappa shape index (κ3) is 1.65. The Kier molecular flexibility index (Phi) is 2.75. The van der Waals surface area contributed by atoms with Gasteiger partial charge in [0.25, 0.3) is 0 Å². The molecule has 1 fully saturated rings. The van der Waals surface area contributed by atoms with Crippen LogP contribution in [0.25, 0.3) is 0 Å². The molecule has 0 bridgehead atoms. The lowest BCUT2D eigenvalue weighted by atomic mass is 9.78. The molecule has 1 aliphatic rings. The van der Waals surface area contributed by atoms with Gasteiger partial charge in [0, 0.05) is 26.8 Å². The standard InChI is InChI=1S/C10H7Br2FO/c11-5-3-7(12)10(8(13)4-5)6-1-2-9(6)14/h3-4,6H,1-2H2. The molecule has 1 aliphatic carbocycles. The number of Topliss-reactive ketones (excluding diaryl/α,β-unsaturated/α-hetero) is 1. The SMILES string of the molecule is O=C1CCC1c1c(F)cc(Br)cc1Br. The van der Waals surface area contributed by atoms with Crippen molar-refractivity contribution in [3.8, 4) is 0 Å². The van der Waals surface area contributed by atoms with Crippen LogP contribution in [0.2, 0.25) is 0 Å². The average molecular weight is 322 g/mol. The van der Waals surface area contributed by atoms with Gasteiger partial charge in [-0.05, 0) is 18.6 Å². The molecule has 1 saturated carbocycles. The van der Waals surface area contributed by atoms with Gasteiger partial charge in [-0.25, -0.2) is 4.39 Å². The molecule has 0 amide bonds. The van der Waals surface area contributed by atoms with E-state index in [4.69, 9.17) is 0 Å². The summed E-state index contributed by atoms with van der Waals surface area (Å²) in [6.45, 7) is 0. The van der Waals surface area contributed by atoms with E-state index in [9.17, 15) is 9.18 Å². The van der Waals surface area contributed by atoms with Gasteiger partial charge in [-0.15, -0.1) is 0 Å². The molecule has 1 nitrogen and oxygen atoms in total. The second-order valence-electron chi connectivity index (χ2n) is 3.34. The molecule has 2 rings (SSSR count). The van der Waals surface area contributed by atoms with Crippen LogP contribution in [0, 0.1) is 5.82 Å². The Morgan fingerprint density at radius 1 is 1.36 bits per heavy atom. The zero-order valence-corrected chi connectivity index (χ0v) is 10.4. The van der Waals surface area contributed by atoms with Gasteiger partial charge in [-0.3, -0.25) is 4.79 Å². The topological polar surface area (TPSA) is 17.1 Å². The first kappa shape index (κ1) is 10.3. The maximum atomic E-state index is 13.5. The zero-order chi connectivity index (χ0) is 10.3. The highest BCUT2D eigenvalue weighted by molar-refractivity contribution is 9.11. The summed E-state index contributed by atoms with van der Waals surface area (Å²) in [7, 11) is 0. The molecule has 0 spiro atoms. The first-order chi connectivity index (χ1) is 6.59. The minimum absolute atomic E-state index is 0.131. The molecular formula is C10H7Br2FO. The Morgan fingerprint density at radius 2 is 2.07 bits per heavy atom. The van der Waals surface area contributed by atoms with Gasteiger partial charge in [0.2, 0.25) is 0 Å². The summed E-state index contributed by atoms with van der Waals surface area (Å²) in [5.74, 6) is -0.423. The Balaban J connectivity index is 2.47.